The fourth-order valence-electron chi connectivity index (χ4n) is 2.99. The second kappa shape index (κ2) is 8.30. The first-order valence-electron chi connectivity index (χ1n) is 8.25. The molecule has 0 aromatic heterocycles. The third-order valence-corrected chi connectivity index (χ3v) is 5.19. The van der Waals surface area contributed by atoms with Crippen LogP contribution in [0.25, 0.3) is 0 Å². The summed E-state index contributed by atoms with van der Waals surface area (Å²) in [6, 6.07) is 11.9. The zero-order valence-corrected chi connectivity index (χ0v) is 16.1. The highest BCUT2D eigenvalue weighted by Crippen LogP contribution is 2.26. The lowest BCUT2D eigenvalue weighted by molar-refractivity contribution is -0.121. The average molecular weight is 412 g/mol. The van der Waals surface area contributed by atoms with Gasteiger partial charge in [-0.3, -0.25) is 9.59 Å². The molecule has 3 rings (SSSR count). The molecule has 0 saturated carbocycles. The topological polar surface area (TPSA) is 49.4 Å². The third-order valence-electron chi connectivity index (χ3n) is 4.41. The molecule has 1 N–H and O–H groups in total. The number of benzene rings is 2. The number of rotatable bonds is 3. The van der Waals surface area contributed by atoms with Gasteiger partial charge in [0.15, 0.2) is 0 Å². The summed E-state index contributed by atoms with van der Waals surface area (Å²) in [5, 5.41) is 4.28. The molecule has 0 atom stereocenters. The van der Waals surface area contributed by atoms with Gasteiger partial charge < -0.3 is 10.2 Å². The first-order valence-corrected chi connectivity index (χ1v) is 9.38. The molecule has 1 heterocycles. The predicted octanol–water partition coefficient (Wildman–Crippen LogP) is 5.14. The Bertz CT molecular complexity index is 833. The molecule has 4 nitrogen and oxygen atoms in total. The Morgan fingerprint density at radius 2 is 1.65 bits per heavy atom. The highest BCUT2D eigenvalue weighted by molar-refractivity contribution is 6.36. The van der Waals surface area contributed by atoms with Crippen LogP contribution in [0.3, 0.4) is 0 Å². The van der Waals surface area contributed by atoms with E-state index in [0.717, 1.165) is 0 Å². The summed E-state index contributed by atoms with van der Waals surface area (Å²) in [6.45, 7) is 1.01. The smallest absolute Gasteiger partial charge is 0.255 e. The van der Waals surface area contributed by atoms with Gasteiger partial charge in [-0.1, -0.05) is 40.9 Å². The second-order valence-electron chi connectivity index (χ2n) is 6.19. The Hall–Kier alpha value is -1.75. The SMILES string of the molecule is O=C(Nc1cccc(Cl)c1)C1CCN(C(=O)c2ccc(Cl)cc2Cl)CC1. The van der Waals surface area contributed by atoms with Crippen LogP contribution in [0.15, 0.2) is 42.5 Å². The Kier molecular flexibility index (Phi) is 6.07. The number of likely N-dealkylation sites (tertiary alicyclic amines) is 1. The fourth-order valence-corrected chi connectivity index (χ4v) is 3.67. The van der Waals surface area contributed by atoms with Gasteiger partial charge in [-0.25, -0.2) is 0 Å². The van der Waals surface area contributed by atoms with Gasteiger partial charge in [0.2, 0.25) is 5.91 Å². The normalized spacial score (nSPS) is 15.0. The van der Waals surface area contributed by atoms with Gasteiger partial charge in [0.1, 0.15) is 0 Å². The van der Waals surface area contributed by atoms with Gasteiger partial charge in [-0.15, -0.1) is 0 Å². The van der Waals surface area contributed by atoms with E-state index in [2.05, 4.69) is 5.32 Å². The molecule has 1 aliphatic rings. The van der Waals surface area contributed by atoms with Gasteiger partial charge >= 0.3 is 0 Å². The van der Waals surface area contributed by atoms with Crippen LogP contribution in [-0.4, -0.2) is 29.8 Å². The maximum atomic E-state index is 12.6. The van der Waals surface area contributed by atoms with Crippen LogP contribution in [0.5, 0.6) is 0 Å². The van der Waals surface area contributed by atoms with Crippen molar-refractivity contribution in [2.24, 2.45) is 5.92 Å². The highest BCUT2D eigenvalue weighted by Gasteiger charge is 2.28. The number of nitrogens with one attached hydrogen (secondary N) is 1. The summed E-state index contributed by atoms with van der Waals surface area (Å²) >= 11 is 17.9. The summed E-state index contributed by atoms with van der Waals surface area (Å²) in [5.74, 6) is -0.331. The standard InChI is InChI=1S/C19H17Cl3N2O2/c20-13-2-1-3-15(10-13)23-18(25)12-6-8-24(9-7-12)19(26)16-5-4-14(21)11-17(16)22/h1-5,10-12H,6-9H2,(H,23,25). The molecule has 1 fully saturated rings. The maximum Gasteiger partial charge on any atom is 0.255 e. The van der Waals surface area contributed by atoms with E-state index in [4.69, 9.17) is 34.8 Å². The van der Waals surface area contributed by atoms with Crippen LogP contribution >= 0.6 is 34.8 Å². The van der Waals surface area contributed by atoms with E-state index in [1.54, 1.807) is 47.4 Å². The van der Waals surface area contributed by atoms with Gasteiger partial charge in [0, 0.05) is 34.7 Å². The van der Waals surface area contributed by atoms with Crippen molar-refractivity contribution >= 4 is 52.3 Å². The van der Waals surface area contributed by atoms with Crippen LogP contribution in [0.2, 0.25) is 15.1 Å². The van der Waals surface area contributed by atoms with Crippen molar-refractivity contribution in [1.29, 1.82) is 0 Å². The molecule has 1 aliphatic heterocycles. The minimum absolute atomic E-state index is 0.0520. The van der Waals surface area contributed by atoms with E-state index in [-0.39, 0.29) is 17.7 Å². The van der Waals surface area contributed by atoms with Crippen molar-refractivity contribution in [2.45, 2.75) is 12.8 Å². The zero-order chi connectivity index (χ0) is 18.7. The molecule has 0 unspecified atom stereocenters. The largest absolute Gasteiger partial charge is 0.339 e. The second-order valence-corrected chi connectivity index (χ2v) is 7.47. The van der Waals surface area contributed by atoms with Gasteiger partial charge in [-0.05, 0) is 49.2 Å². The molecule has 2 aromatic rings. The molecule has 2 aromatic carbocycles. The van der Waals surface area contributed by atoms with Gasteiger partial charge in [-0.2, -0.15) is 0 Å². The highest BCUT2D eigenvalue weighted by atomic mass is 35.5. The lowest BCUT2D eigenvalue weighted by Gasteiger charge is -2.31. The van der Waals surface area contributed by atoms with Crippen molar-refractivity contribution in [2.75, 3.05) is 18.4 Å². The van der Waals surface area contributed by atoms with Crippen LogP contribution in [0.4, 0.5) is 5.69 Å². The van der Waals surface area contributed by atoms with Crippen molar-refractivity contribution < 1.29 is 9.59 Å². The van der Waals surface area contributed by atoms with Gasteiger partial charge in [0.05, 0.1) is 10.6 Å². The number of carbonyl (C=O) groups is 2. The van der Waals surface area contributed by atoms with Crippen LogP contribution in [0.1, 0.15) is 23.2 Å². The van der Waals surface area contributed by atoms with Gasteiger partial charge in [0.25, 0.3) is 5.91 Å². The number of halogens is 3. The minimum Gasteiger partial charge on any atom is -0.339 e. The van der Waals surface area contributed by atoms with E-state index in [9.17, 15) is 9.59 Å². The van der Waals surface area contributed by atoms with Crippen molar-refractivity contribution in [1.82, 2.24) is 4.90 Å². The number of carbonyl (C=O) groups excluding carboxylic acids is 2. The molecule has 0 aliphatic carbocycles. The monoisotopic (exact) mass is 410 g/mol. The molecule has 0 radical (unpaired) electrons. The van der Waals surface area contributed by atoms with E-state index < -0.39 is 0 Å². The summed E-state index contributed by atoms with van der Waals surface area (Å²) in [6.07, 6.45) is 1.20. The Labute approximate surface area is 167 Å². The van der Waals surface area contributed by atoms with Crippen molar-refractivity contribution in [3.63, 3.8) is 0 Å². The number of anilines is 1. The number of piperidine rings is 1. The number of nitrogens with zero attached hydrogens (tertiary/aromatic N) is 1. The number of hydrogen-bond donors (Lipinski definition) is 1. The average Bonchev–Trinajstić information content (AvgIpc) is 2.61. The zero-order valence-electron chi connectivity index (χ0n) is 13.8. The van der Waals surface area contributed by atoms with E-state index in [1.807, 2.05) is 0 Å². The molecule has 1 saturated heterocycles. The Morgan fingerprint density at radius 1 is 0.962 bits per heavy atom. The lowest BCUT2D eigenvalue weighted by Crippen LogP contribution is -2.41. The summed E-state index contributed by atoms with van der Waals surface area (Å²) in [5.41, 5.74) is 1.10. The summed E-state index contributed by atoms with van der Waals surface area (Å²) < 4.78 is 0. The van der Waals surface area contributed by atoms with Crippen molar-refractivity contribution in [3.8, 4) is 0 Å². The third kappa shape index (κ3) is 4.50. The molecule has 26 heavy (non-hydrogen) atoms. The molecule has 136 valence electrons. The molecular formula is C19H17Cl3N2O2. The molecular weight excluding hydrogens is 395 g/mol. The Balaban J connectivity index is 1.58. The van der Waals surface area contributed by atoms with E-state index in [1.165, 1.54) is 0 Å². The summed E-state index contributed by atoms with van der Waals surface area (Å²) in [7, 11) is 0. The number of hydrogen-bond acceptors (Lipinski definition) is 2. The summed E-state index contributed by atoms with van der Waals surface area (Å²) in [4.78, 5) is 26.8. The fraction of sp³-hybridized carbons (Fsp3) is 0.263. The quantitative estimate of drug-likeness (QED) is 0.760. The van der Waals surface area contributed by atoms with Crippen LogP contribution < -0.4 is 5.32 Å². The molecule has 0 spiro atoms. The first kappa shape index (κ1) is 19.0. The molecule has 7 heteroatoms. The Morgan fingerprint density at radius 3 is 2.31 bits per heavy atom. The molecule has 2 amide bonds. The van der Waals surface area contributed by atoms with E-state index in [0.29, 0.717) is 52.2 Å². The lowest BCUT2D eigenvalue weighted by atomic mass is 9.95. The van der Waals surface area contributed by atoms with Crippen LogP contribution in [-0.2, 0) is 4.79 Å². The first-order chi connectivity index (χ1) is 12.4. The van der Waals surface area contributed by atoms with E-state index >= 15 is 0 Å². The minimum atomic E-state index is -0.140. The van der Waals surface area contributed by atoms with Crippen molar-refractivity contribution in [3.05, 3.63) is 63.1 Å². The number of amides is 2. The van der Waals surface area contributed by atoms with Crippen LogP contribution in [0, 0.1) is 5.92 Å². The maximum absolute atomic E-state index is 12.6. The predicted molar refractivity (Wildman–Crippen MR) is 105 cm³/mol. The molecule has 0 bridgehead atoms.